The van der Waals surface area contributed by atoms with Crippen LogP contribution in [0.5, 0.6) is 5.75 Å². The maximum absolute atomic E-state index is 12.9. The highest BCUT2D eigenvalue weighted by atomic mass is 16.3. The normalized spacial score (nSPS) is 16.9. The lowest BCUT2D eigenvalue weighted by Crippen LogP contribution is -2.31. The van der Waals surface area contributed by atoms with Crippen LogP contribution in [-0.4, -0.2) is 33.3 Å². The summed E-state index contributed by atoms with van der Waals surface area (Å²) in [5.74, 6) is -1.21. The van der Waals surface area contributed by atoms with Gasteiger partial charge in [0.25, 0.3) is 5.91 Å². The Labute approximate surface area is 158 Å². The fourth-order valence-corrected chi connectivity index (χ4v) is 3.49. The van der Waals surface area contributed by atoms with Crippen molar-refractivity contribution >= 4 is 11.7 Å². The molecule has 0 fully saturated rings. The van der Waals surface area contributed by atoms with Gasteiger partial charge in [-0.3, -0.25) is 9.59 Å². The van der Waals surface area contributed by atoms with Crippen molar-refractivity contribution in [3.8, 4) is 5.75 Å². The van der Waals surface area contributed by atoms with Gasteiger partial charge in [-0.25, -0.2) is 0 Å². The molecule has 27 heavy (non-hydrogen) atoms. The van der Waals surface area contributed by atoms with E-state index < -0.39 is 17.7 Å². The molecule has 2 N–H and O–H groups in total. The van der Waals surface area contributed by atoms with Crippen molar-refractivity contribution in [1.82, 2.24) is 4.90 Å². The summed E-state index contributed by atoms with van der Waals surface area (Å²) in [5, 5.41) is 20.3. The van der Waals surface area contributed by atoms with Gasteiger partial charge in [0.15, 0.2) is 11.5 Å². The van der Waals surface area contributed by atoms with Crippen molar-refractivity contribution in [1.29, 1.82) is 0 Å². The van der Waals surface area contributed by atoms with Crippen molar-refractivity contribution in [2.24, 2.45) is 0 Å². The van der Waals surface area contributed by atoms with Gasteiger partial charge >= 0.3 is 0 Å². The van der Waals surface area contributed by atoms with E-state index in [4.69, 9.17) is 0 Å². The van der Waals surface area contributed by atoms with Gasteiger partial charge in [0.05, 0.1) is 11.6 Å². The second kappa shape index (κ2) is 8.08. The van der Waals surface area contributed by atoms with E-state index in [0.29, 0.717) is 24.9 Å². The lowest BCUT2D eigenvalue weighted by molar-refractivity contribution is -0.129. The van der Waals surface area contributed by atoms with E-state index in [1.807, 2.05) is 37.3 Å². The third kappa shape index (κ3) is 3.87. The van der Waals surface area contributed by atoms with Gasteiger partial charge in [0.1, 0.15) is 5.75 Å². The second-order valence-corrected chi connectivity index (χ2v) is 6.67. The molecule has 0 spiro atoms. The minimum Gasteiger partial charge on any atom is -0.508 e. The van der Waals surface area contributed by atoms with Crippen LogP contribution >= 0.6 is 0 Å². The number of aromatic hydroxyl groups is 1. The van der Waals surface area contributed by atoms with Crippen LogP contribution in [0.1, 0.15) is 36.9 Å². The zero-order chi connectivity index (χ0) is 19.4. The zero-order valence-electron chi connectivity index (χ0n) is 15.3. The van der Waals surface area contributed by atoms with Gasteiger partial charge in [-0.05, 0) is 36.1 Å². The topological polar surface area (TPSA) is 77.8 Å². The quantitative estimate of drug-likeness (QED) is 0.784. The van der Waals surface area contributed by atoms with Crippen LogP contribution in [0, 0.1) is 0 Å². The van der Waals surface area contributed by atoms with E-state index in [0.717, 1.165) is 5.56 Å². The number of carbonyl (C=O) groups is 2. The second-order valence-electron chi connectivity index (χ2n) is 6.67. The van der Waals surface area contributed by atoms with Gasteiger partial charge in [-0.1, -0.05) is 49.4 Å². The SMILES string of the molecule is CCCN1C(=O)C(O)=C(C(=O)CCc2ccccc2)C1c1cccc(O)c1. The number of carbonyl (C=O) groups excluding carboxylic acids is 2. The Kier molecular flexibility index (Phi) is 5.60. The fourth-order valence-electron chi connectivity index (χ4n) is 3.49. The standard InChI is InChI=1S/C22H23NO4/c1-2-13-23-20(16-9-6-10-17(24)14-16)19(21(26)22(23)27)18(25)12-11-15-7-4-3-5-8-15/h3-10,14,20,24,26H,2,11-13H2,1H3. The van der Waals surface area contributed by atoms with Crippen molar-refractivity contribution in [2.45, 2.75) is 32.2 Å². The number of benzene rings is 2. The molecule has 0 radical (unpaired) electrons. The summed E-state index contributed by atoms with van der Waals surface area (Å²) in [6, 6.07) is 15.4. The first-order chi connectivity index (χ1) is 13.0. The summed E-state index contributed by atoms with van der Waals surface area (Å²) in [5.41, 5.74) is 1.76. The van der Waals surface area contributed by atoms with Crippen molar-refractivity contribution in [2.75, 3.05) is 6.54 Å². The number of aliphatic hydroxyl groups excluding tert-OH is 1. The first-order valence-electron chi connectivity index (χ1n) is 9.13. The highest BCUT2D eigenvalue weighted by Gasteiger charge is 2.42. The summed E-state index contributed by atoms with van der Waals surface area (Å²) in [6.45, 7) is 2.34. The molecule has 0 saturated heterocycles. The largest absolute Gasteiger partial charge is 0.508 e. The molecule has 2 aromatic carbocycles. The van der Waals surface area contributed by atoms with Crippen LogP contribution in [0.25, 0.3) is 0 Å². The molecule has 2 aromatic rings. The van der Waals surface area contributed by atoms with E-state index in [1.165, 1.54) is 17.0 Å². The first-order valence-corrected chi connectivity index (χ1v) is 9.13. The van der Waals surface area contributed by atoms with Gasteiger partial charge in [0.2, 0.25) is 0 Å². The Hall–Kier alpha value is -3.08. The highest BCUT2D eigenvalue weighted by Crippen LogP contribution is 2.39. The predicted octanol–water partition coefficient (Wildman–Crippen LogP) is 3.70. The number of amides is 1. The van der Waals surface area contributed by atoms with Crippen LogP contribution in [-0.2, 0) is 16.0 Å². The molecule has 3 rings (SSSR count). The summed E-state index contributed by atoms with van der Waals surface area (Å²) in [4.78, 5) is 27.0. The van der Waals surface area contributed by atoms with Crippen molar-refractivity contribution in [3.05, 3.63) is 77.1 Å². The third-order valence-corrected chi connectivity index (χ3v) is 4.74. The number of hydrogen-bond donors (Lipinski definition) is 2. The number of ketones is 1. The minimum atomic E-state index is -0.673. The summed E-state index contributed by atoms with van der Waals surface area (Å²) in [6.07, 6.45) is 1.43. The molecule has 0 bridgehead atoms. The molecular formula is C22H23NO4. The number of aliphatic hydroxyl groups is 1. The van der Waals surface area contributed by atoms with Crippen molar-refractivity contribution < 1.29 is 19.8 Å². The molecule has 1 heterocycles. The number of rotatable bonds is 7. The Morgan fingerprint density at radius 1 is 1.07 bits per heavy atom. The Bertz CT molecular complexity index is 873. The lowest BCUT2D eigenvalue weighted by Gasteiger charge is -2.26. The summed E-state index contributed by atoms with van der Waals surface area (Å²) < 4.78 is 0. The molecule has 1 atom stereocenters. The fraction of sp³-hybridized carbons (Fsp3) is 0.273. The van der Waals surface area contributed by atoms with Crippen LogP contribution in [0.4, 0.5) is 0 Å². The maximum Gasteiger partial charge on any atom is 0.290 e. The van der Waals surface area contributed by atoms with Crippen LogP contribution in [0.15, 0.2) is 65.9 Å². The van der Waals surface area contributed by atoms with E-state index in [-0.39, 0.29) is 23.5 Å². The Morgan fingerprint density at radius 2 is 1.81 bits per heavy atom. The average molecular weight is 365 g/mol. The number of hydrogen-bond acceptors (Lipinski definition) is 4. The monoisotopic (exact) mass is 365 g/mol. The highest BCUT2D eigenvalue weighted by molar-refractivity contribution is 6.09. The van der Waals surface area contributed by atoms with Crippen LogP contribution < -0.4 is 0 Å². The van der Waals surface area contributed by atoms with Crippen LogP contribution in [0.3, 0.4) is 0 Å². The number of Topliss-reactive ketones (excluding diaryl/α,β-unsaturated/α-hetero) is 1. The van der Waals surface area contributed by atoms with Crippen molar-refractivity contribution in [3.63, 3.8) is 0 Å². The average Bonchev–Trinajstić information content (AvgIpc) is 2.92. The number of aryl methyl sites for hydroxylation is 1. The number of phenols is 1. The van der Waals surface area contributed by atoms with Gasteiger partial charge in [-0.15, -0.1) is 0 Å². The predicted molar refractivity (Wildman–Crippen MR) is 102 cm³/mol. The molecule has 140 valence electrons. The Balaban J connectivity index is 1.91. The smallest absolute Gasteiger partial charge is 0.290 e. The molecule has 1 aliphatic heterocycles. The molecule has 0 aromatic heterocycles. The van der Waals surface area contributed by atoms with E-state index >= 15 is 0 Å². The minimum absolute atomic E-state index is 0.0545. The molecule has 1 aliphatic rings. The molecular weight excluding hydrogens is 342 g/mol. The maximum atomic E-state index is 12.9. The molecule has 5 nitrogen and oxygen atoms in total. The lowest BCUT2D eigenvalue weighted by atomic mass is 9.93. The van der Waals surface area contributed by atoms with Gasteiger partial charge in [-0.2, -0.15) is 0 Å². The number of nitrogens with zero attached hydrogens (tertiary/aromatic N) is 1. The molecule has 1 unspecified atom stereocenters. The molecule has 1 amide bonds. The van der Waals surface area contributed by atoms with Crippen LogP contribution in [0.2, 0.25) is 0 Å². The first kappa shape index (κ1) is 18.7. The van der Waals surface area contributed by atoms with Gasteiger partial charge < -0.3 is 15.1 Å². The van der Waals surface area contributed by atoms with E-state index in [2.05, 4.69) is 0 Å². The number of phenolic OH excluding ortho intramolecular Hbond substituents is 1. The molecule has 0 aliphatic carbocycles. The zero-order valence-corrected chi connectivity index (χ0v) is 15.3. The van der Waals surface area contributed by atoms with Gasteiger partial charge in [0, 0.05) is 13.0 Å². The van der Waals surface area contributed by atoms with E-state index in [1.54, 1.807) is 12.1 Å². The molecule has 5 heteroatoms. The van der Waals surface area contributed by atoms with E-state index in [9.17, 15) is 19.8 Å². The Morgan fingerprint density at radius 3 is 2.48 bits per heavy atom. The summed E-state index contributed by atoms with van der Waals surface area (Å²) in [7, 11) is 0. The third-order valence-electron chi connectivity index (χ3n) is 4.74. The summed E-state index contributed by atoms with van der Waals surface area (Å²) >= 11 is 0. The molecule has 0 saturated carbocycles.